The van der Waals surface area contributed by atoms with Crippen LogP contribution in [-0.4, -0.2) is 5.54 Å². The van der Waals surface area contributed by atoms with Gasteiger partial charge in [0.1, 0.15) is 0 Å². The molecule has 1 heteroatoms. The Hall–Kier alpha value is -0.560. The summed E-state index contributed by atoms with van der Waals surface area (Å²) >= 11 is 0. The Labute approximate surface area is 61.6 Å². The van der Waals surface area contributed by atoms with Crippen molar-refractivity contribution in [2.45, 2.75) is 24.8 Å². The molecule has 0 aromatic carbocycles. The van der Waals surface area contributed by atoms with E-state index in [1.165, 1.54) is 18.4 Å². The van der Waals surface area contributed by atoms with Gasteiger partial charge in [-0.15, -0.1) is 0 Å². The molecular weight excluding hydrogens is 122 g/mol. The molecule has 2 aliphatic carbocycles. The van der Waals surface area contributed by atoms with Gasteiger partial charge in [-0.25, -0.2) is 0 Å². The fourth-order valence-electron chi connectivity index (χ4n) is 1.31. The van der Waals surface area contributed by atoms with Crippen LogP contribution < -0.4 is 5.73 Å². The summed E-state index contributed by atoms with van der Waals surface area (Å²) in [5.74, 6) is 0. The van der Waals surface area contributed by atoms with Gasteiger partial charge >= 0.3 is 0 Å². The van der Waals surface area contributed by atoms with Crippen molar-refractivity contribution in [3.63, 3.8) is 0 Å². The lowest BCUT2D eigenvalue weighted by Crippen LogP contribution is -2.24. The van der Waals surface area contributed by atoms with Gasteiger partial charge in [0.25, 0.3) is 0 Å². The molecule has 10 heavy (non-hydrogen) atoms. The summed E-state index contributed by atoms with van der Waals surface area (Å²) in [5.41, 5.74) is 7.40. The van der Waals surface area contributed by atoms with Crippen molar-refractivity contribution in [3.8, 4) is 0 Å². The van der Waals surface area contributed by atoms with E-state index >= 15 is 0 Å². The number of nitrogens with two attached hydrogens (primary N) is 1. The maximum absolute atomic E-state index is 5.99. The van der Waals surface area contributed by atoms with Gasteiger partial charge in [-0.2, -0.15) is 0 Å². The Bertz CT molecular complexity index is 197. The predicted octanol–water partition coefficient (Wildman–Crippen LogP) is 1.57. The van der Waals surface area contributed by atoms with Crippen molar-refractivity contribution in [2.24, 2.45) is 5.73 Å². The largest absolute Gasteiger partial charge is 0.321 e. The summed E-state index contributed by atoms with van der Waals surface area (Å²) in [5, 5.41) is 0. The molecule has 1 fully saturated rings. The minimum atomic E-state index is 0.0742. The third-order valence-corrected chi connectivity index (χ3v) is 2.25. The van der Waals surface area contributed by atoms with E-state index in [4.69, 9.17) is 5.73 Å². The highest BCUT2D eigenvalue weighted by Crippen LogP contribution is 2.40. The molecule has 0 bridgehead atoms. The SMILES string of the molecule is NC1(C2=CC[CH]C=C2)CC1. The van der Waals surface area contributed by atoms with E-state index < -0.39 is 0 Å². The van der Waals surface area contributed by atoms with E-state index in [9.17, 15) is 0 Å². The first-order valence-corrected chi connectivity index (χ1v) is 3.81. The zero-order valence-corrected chi connectivity index (χ0v) is 6.01. The maximum Gasteiger partial charge on any atom is 0.0407 e. The first-order valence-electron chi connectivity index (χ1n) is 3.81. The fourth-order valence-corrected chi connectivity index (χ4v) is 1.31. The molecule has 0 amide bonds. The van der Waals surface area contributed by atoms with E-state index in [-0.39, 0.29) is 5.54 Å². The van der Waals surface area contributed by atoms with Crippen molar-refractivity contribution in [1.82, 2.24) is 0 Å². The number of allylic oxidation sites excluding steroid dienone is 2. The Morgan fingerprint density at radius 3 is 2.70 bits per heavy atom. The van der Waals surface area contributed by atoms with Crippen LogP contribution in [0.1, 0.15) is 19.3 Å². The summed E-state index contributed by atoms with van der Waals surface area (Å²) < 4.78 is 0. The van der Waals surface area contributed by atoms with E-state index in [2.05, 4.69) is 24.6 Å². The van der Waals surface area contributed by atoms with Crippen LogP contribution in [0.15, 0.2) is 23.8 Å². The van der Waals surface area contributed by atoms with Crippen molar-refractivity contribution in [3.05, 3.63) is 30.2 Å². The first-order chi connectivity index (χ1) is 4.81. The van der Waals surface area contributed by atoms with E-state index in [1.807, 2.05) is 0 Å². The lowest BCUT2D eigenvalue weighted by molar-refractivity contribution is 0.806. The van der Waals surface area contributed by atoms with Crippen LogP contribution in [0.4, 0.5) is 0 Å². The minimum absolute atomic E-state index is 0.0742. The minimum Gasteiger partial charge on any atom is -0.321 e. The molecule has 0 saturated heterocycles. The maximum atomic E-state index is 5.99. The van der Waals surface area contributed by atoms with Crippen LogP contribution in [-0.2, 0) is 0 Å². The first kappa shape index (κ1) is 6.17. The zero-order valence-electron chi connectivity index (χ0n) is 6.01. The normalized spacial score (nSPS) is 27.9. The van der Waals surface area contributed by atoms with E-state index in [1.54, 1.807) is 0 Å². The number of hydrogen-bond donors (Lipinski definition) is 1. The number of hydrogen-bond acceptors (Lipinski definition) is 1. The molecule has 0 aromatic heterocycles. The molecule has 0 aliphatic heterocycles. The van der Waals surface area contributed by atoms with Crippen molar-refractivity contribution < 1.29 is 0 Å². The topological polar surface area (TPSA) is 26.0 Å². The van der Waals surface area contributed by atoms with E-state index in [0.717, 1.165) is 6.42 Å². The third kappa shape index (κ3) is 0.907. The highest BCUT2D eigenvalue weighted by atomic mass is 14.8. The molecule has 1 nitrogen and oxygen atoms in total. The summed E-state index contributed by atoms with van der Waals surface area (Å²) in [7, 11) is 0. The molecule has 2 N–H and O–H groups in total. The molecule has 2 aliphatic rings. The molecule has 0 heterocycles. The summed E-state index contributed by atoms with van der Waals surface area (Å²) in [6, 6.07) is 0. The summed E-state index contributed by atoms with van der Waals surface area (Å²) in [4.78, 5) is 0. The third-order valence-electron chi connectivity index (χ3n) is 2.25. The van der Waals surface area contributed by atoms with Crippen molar-refractivity contribution >= 4 is 0 Å². The van der Waals surface area contributed by atoms with Gasteiger partial charge in [-0.3, -0.25) is 0 Å². The lowest BCUT2D eigenvalue weighted by atomic mass is 9.99. The monoisotopic (exact) mass is 134 g/mol. The van der Waals surface area contributed by atoms with Gasteiger partial charge in [0.05, 0.1) is 0 Å². The van der Waals surface area contributed by atoms with Gasteiger partial charge < -0.3 is 5.73 Å². The van der Waals surface area contributed by atoms with Crippen LogP contribution in [0, 0.1) is 6.42 Å². The Morgan fingerprint density at radius 2 is 2.20 bits per heavy atom. The van der Waals surface area contributed by atoms with Gasteiger partial charge in [0.15, 0.2) is 0 Å². The van der Waals surface area contributed by atoms with E-state index in [0.29, 0.717) is 0 Å². The predicted molar refractivity (Wildman–Crippen MR) is 42.3 cm³/mol. The highest BCUT2D eigenvalue weighted by molar-refractivity contribution is 5.39. The summed E-state index contributed by atoms with van der Waals surface area (Å²) in [6.45, 7) is 0. The van der Waals surface area contributed by atoms with Gasteiger partial charge in [-0.1, -0.05) is 18.2 Å². The highest BCUT2D eigenvalue weighted by Gasteiger charge is 2.40. The quantitative estimate of drug-likeness (QED) is 0.578. The van der Waals surface area contributed by atoms with Gasteiger partial charge in [0, 0.05) is 5.54 Å². The molecule has 0 atom stereocenters. The van der Waals surface area contributed by atoms with Crippen LogP contribution in [0.5, 0.6) is 0 Å². The van der Waals surface area contributed by atoms with Crippen molar-refractivity contribution in [1.29, 1.82) is 0 Å². The standard InChI is InChI=1S/C9H12N/c10-9(6-7-9)8-4-2-1-3-5-8/h1-2,4-5H,3,6-7,10H2. The second-order valence-corrected chi connectivity index (χ2v) is 3.15. The molecule has 1 saturated carbocycles. The smallest absolute Gasteiger partial charge is 0.0407 e. The zero-order chi connectivity index (χ0) is 7.03. The molecule has 53 valence electrons. The fraction of sp³-hybridized carbons (Fsp3) is 0.444. The molecule has 1 radical (unpaired) electrons. The Balaban J connectivity index is 2.17. The van der Waals surface area contributed by atoms with Crippen LogP contribution >= 0.6 is 0 Å². The molecular formula is C9H12N. The Morgan fingerprint density at radius 1 is 1.40 bits per heavy atom. The molecule has 0 spiro atoms. The molecule has 0 aromatic rings. The van der Waals surface area contributed by atoms with Crippen LogP contribution in [0.25, 0.3) is 0 Å². The average molecular weight is 134 g/mol. The second-order valence-electron chi connectivity index (χ2n) is 3.15. The Kier molecular flexibility index (Phi) is 1.21. The molecule has 0 unspecified atom stereocenters. The second kappa shape index (κ2) is 1.96. The number of rotatable bonds is 1. The summed E-state index contributed by atoms with van der Waals surface area (Å²) in [6.07, 6.45) is 12.0. The molecule has 2 rings (SSSR count). The lowest BCUT2D eigenvalue weighted by Gasteiger charge is -2.12. The van der Waals surface area contributed by atoms with Crippen LogP contribution in [0.2, 0.25) is 0 Å². The van der Waals surface area contributed by atoms with Gasteiger partial charge in [0.2, 0.25) is 0 Å². The van der Waals surface area contributed by atoms with Crippen LogP contribution in [0.3, 0.4) is 0 Å². The van der Waals surface area contributed by atoms with Crippen molar-refractivity contribution in [2.75, 3.05) is 0 Å². The average Bonchev–Trinajstić information content (AvgIpc) is 2.72. The van der Waals surface area contributed by atoms with Gasteiger partial charge in [-0.05, 0) is 31.3 Å².